The quantitative estimate of drug-likeness (QED) is 0.497. The fourth-order valence-corrected chi connectivity index (χ4v) is 5.75. The molecule has 3 fully saturated rings. The monoisotopic (exact) mass is 472 g/mol. The van der Waals surface area contributed by atoms with Gasteiger partial charge in [-0.15, -0.1) is 0 Å². The van der Waals surface area contributed by atoms with Crippen molar-refractivity contribution < 1.29 is 23.1 Å². The first kappa shape index (κ1) is 23.5. The van der Waals surface area contributed by atoms with Crippen molar-refractivity contribution in [2.75, 3.05) is 52.9 Å². The molecule has 10 heteroatoms. The number of carbonyl (C=O) groups excluding carboxylic acids is 1. The average Bonchev–Trinajstić information content (AvgIpc) is 2.80. The van der Waals surface area contributed by atoms with E-state index in [0.717, 1.165) is 19.6 Å². The minimum atomic E-state index is -1.80. The van der Waals surface area contributed by atoms with Crippen LogP contribution in [-0.2, 0) is 9.63 Å². The summed E-state index contributed by atoms with van der Waals surface area (Å²) in [6.45, 7) is 4.69. The molecule has 1 aromatic rings. The Balaban J connectivity index is 1.19. The average molecular weight is 472 g/mol. The molecule has 0 bridgehead atoms. The molecule has 4 heterocycles. The van der Waals surface area contributed by atoms with Crippen molar-refractivity contribution in [3.63, 3.8) is 0 Å². The van der Waals surface area contributed by atoms with Crippen LogP contribution in [0.4, 0.5) is 8.78 Å². The summed E-state index contributed by atoms with van der Waals surface area (Å²) in [5.74, 6) is 0.329. The third kappa shape index (κ3) is 4.54. The zero-order valence-electron chi connectivity index (χ0n) is 19.6. The van der Waals surface area contributed by atoms with Crippen molar-refractivity contribution in [3.8, 4) is 5.75 Å². The molecule has 0 saturated carbocycles. The number of fused-ring (bicyclic) bond motifs is 1. The fraction of sp³-hybridized carbons (Fsp3) is 0.667. The Kier molecular flexibility index (Phi) is 6.31. The van der Waals surface area contributed by atoms with E-state index in [1.54, 1.807) is 15.8 Å². The standard InChI is InChI=1S/C24H31BF2N4O3/c1-33-28-20-13-23(34-21-3-2-18(26)12-19(20)21)4-10-30(11-5-23)22(32)24(27)6-8-29(9-7-24)14-17-15-31(25)16-17/h2-3,12,17H,4-11,13-16H2,1H3/b28-20+. The number of rotatable bonds is 4. The van der Waals surface area contributed by atoms with Crippen LogP contribution in [0, 0.1) is 11.7 Å². The molecule has 0 N–H and O–H groups in total. The minimum absolute atomic E-state index is 0.229. The Morgan fingerprint density at radius 2 is 1.91 bits per heavy atom. The van der Waals surface area contributed by atoms with Gasteiger partial charge >= 0.3 is 0 Å². The highest BCUT2D eigenvalue weighted by Crippen LogP contribution is 2.41. The first-order chi connectivity index (χ1) is 16.3. The van der Waals surface area contributed by atoms with Gasteiger partial charge in [-0.2, -0.15) is 0 Å². The molecule has 0 aromatic heterocycles. The van der Waals surface area contributed by atoms with E-state index in [1.807, 2.05) is 0 Å². The van der Waals surface area contributed by atoms with Crippen LogP contribution >= 0.6 is 0 Å². The van der Waals surface area contributed by atoms with E-state index in [-0.39, 0.29) is 18.7 Å². The molecule has 0 atom stereocenters. The maximum absolute atomic E-state index is 15.7. The Morgan fingerprint density at radius 3 is 2.56 bits per heavy atom. The van der Waals surface area contributed by atoms with Gasteiger partial charge in [-0.25, -0.2) is 8.78 Å². The van der Waals surface area contributed by atoms with Gasteiger partial charge < -0.3 is 24.2 Å². The third-order valence-electron chi connectivity index (χ3n) is 7.77. The van der Waals surface area contributed by atoms with Gasteiger partial charge in [-0.05, 0) is 37.2 Å². The lowest BCUT2D eigenvalue weighted by atomic mass is 9.81. The van der Waals surface area contributed by atoms with Gasteiger partial charge in [0, 0.05) is 70.4 Å². The second-order valence-corrected chi connectivity index (χ2v) is 10.2. The van der Waals surface area contributed by atoms with E-state index < -0.39 is 17.2 Å². The number of hydrogen-bond donors (Lipinski definition) is 0. The predicted octanol–water partition coefficient (Wildman–Crippen LogP) is 2.14. The zero-order valence-corrected chi connectivity index (χ0v) is 19.6. The van der Waals surface area contributed by atoms with Crippen LogP contribution in [0.5, 0.6) is 5.75 Å². The summed E-state index contributed by atoms with van der Waals surface area (Å²) >= 11 is 0. The van der Waals surface area contributed by atoms with Crippen molar-refractivity contribution in [3.05, 3.63) is 29.6 Å². The molecule has 5 rings (SSSR count). The summed E-state index contributed by atoms with van der Waals surface area (Å²) in [5.41, 5.74) is -1.16. The highest BCUT2D eigenvalue weighted by molar-refractivity contribution is 6.05. The molecule has 0 aliphatic carbocycles. The first-order valence-corrected chi connectivity index (χ1v) is 12.1. The fourth-order valence-electron chi connectivity index (χ4n) is 5.75. The number of oxime groups is 1. The number of carbonyl (C=O) groups is 1. The molecule has 7 nitrogen and oxygen atoms in total. The van der Waals surface area contributed by atoms with Gasteiger partial charge in [0.25, 0.3) is 5.91 Å². The van der Waals surface area contributed by atoms with Crippen molar-refractivity contribution in [2.45, 2.75) is 43.4 Å². The van der Waals surface area contributed by atoms with Crippen LogP contribution < -0.4 is 4.74 Å². The Hall–Kier alpha value is -2.20. The largest absolute Gasteiger partial charge is 0.486 e. The van der Waals surface area contributed by atoms with Gasteiger partial charge in [-0.3, -0.25) is 4.79 Å². The lowest BCUT2D eigenvalue weighted by Gasteiger charge is -2.47. The van der Waals surface area contributed by atoms with Crippen LogP contribution in [0.25, 0.3) is 0 Å². The van der Waals surface area contributed by atoms with Crippen LogP contribution in [0.1, 0.15) is 37.7 Å². The van der Waals surface area contributed by atoms with E-state index in [1.165, 1.54) is 19.2 Å². The van der Waals surface area contributed by atoms with Crippen molar-refractivity contribution in [2.24, 2.45) is 11.1 Å². The molecular weight excluding hydrogens is 441 g/mol. The Labute approximate surface area is 200 Å². The molecule has 2 radical (unpaired) electrons. The van der Waals surface area contributed by atoms with Gasteiger partial charge in [0.2, 0.25) is 0 Å². The number of alkyl halides is 1. The predicted molar refractivity (Wildman–Crippen MR) is 124 cm³/mol. The maximum atomic E-state index is 15.7. The number of piperidine rings is 2. The molecule has 4 aliphatic heterocycles. The van der Waals surface area contributed by atoms with E-state index in [0.29, 0.717) is 68.4 Å². The normalized spacial score (nSPS) is 26.1. The molecule has 1 aromatic carbocycles. The number of likely N-dealkylation sites (tertiary alicyclic amines) is 2. The third-order valence-corrected chi connectivity index (χ3v) is 7.77. The summed E-state index contributed by atoms with van der Waals surface area (Å²) in [7, 11) is 7.17. The van der Waals surface area contributed by atoms with E-state index in [2.05, 4.69) is 10.1 Å². The van der Waals surface area contributed by atoms with Crippen molar-refractivity contribution in [1.29, 1.82) is 0 Å². The molecular formula is C24H31BF2N4O3. The van der Waals surface area contributed by atoms with E-state index in [4.69, 9.17) is 17.6 Å². The van der Waals surface area contributed by atoms with Gasteiger partial charge in [0.05, 0.1) is 5.71 Å². The van der Waals surface area contributed by atoms with Crippen molar-refractivity contribution in [1.82, 2.24) is 14.6 Å². The number of benzene rings is 1. The Bertz CT molecular complexity index is 956. The molecule has 3 saturated heterocycles. The molecule has 4 aliphatic rings. The number of ether oxygens (including phenoxy) is 1. The number of nitrogens with zero attached hydrogens (tertiary/aromatic N) is 4. The number of hydrogen-bond acceptors (Lipinski definition) is 6. The summed E-state index contributed by atoms with van der Waals surface area (Å²) < 4.78 is 35.8. The molecule has 0 unspecified atom stereocenters. The smallest absolute Gasteiger partial charge is 0.260 e. The van der Waals surface area contributed by atoms with Gasteiger partial charge in [0.15, 0.2) is 13.6 Å². The first-order valence-electron chi connectivity index (χ1n) is 12.1. The summed E-state index contributed by atoms with van der Waals surface area (Å²) in [6.07, 6.45) is 2.02. The molecule has 182 valence electrons. The minimum Gasteiger partial charge on any atom is -0.486 e. The maximum Gasteiger partial charge on any atom is 0.260 e. The van der Waals surface area contributed by atoms with Crippen molar-refractivity contribution >= 4 is 19.6 Å². The molecule has 1 spiro atoms. The van der Waals surface area contributed by atoms with Crippen LogP contribution in [0.3, 0.4) is 0 Å². The summed E-state index contributed by atoms with van der Waals surface area (Å²) in [5, 5.41) is 4.11. The highest BCUT2D eigenvalue weighted by Gasteiger charge is 2.48. The highest BCUT2D eigenvalue weighted by atomic mass is 19.1. The SMILES string of the molecule is [B]N1CC(CN2CCC(F)(C(=O)N3CCC4(CC3)C/C(=N\OC)c3cc(F)ccc3O4)CC2)C1. The van der Waals surface area contributed by atoms with E-state index >= 15 is 4.39 Å². The van der Waals surface area contributed by atoms with Crippen LogP contribution in [-0.4, -0.2) is 98.4 Å². The number of halogens is 2. The zero-order chi connectivity index (χ0) is 23.9. The molecule has 34 heavy (non-hydrogen) atoms. The van der Waals surface area contributed by atoms with Gasteiger partial charge in [-0.1, -0.05) is 5.16 Å². The number of amides is 1. The lowest BCUT2D eigenvalue weighted by Crippen LogP contribution is -2.58. The van der Waals surface area contributed by atoms with Crippen LogP contribution in [0.15, 0.2) is 23.4 Å². The second-order valence-electron chi connectivity index (χ2n) is 10.2. The van der Waals surface area contributed by atoms with Crippen LogP contribution in [0.2, 0.25) is 0 Å². The topological polar surface area (TPSA) is 57.6 Å². The molecule has 1 amide bonds. The lowest BCUT2D eigenvalue weighted by molar-refractivity contribution is -0.151. The van der Waals surface area contributed by atoms with Gasteiger partial charge in [0.1, 0.15) is 24.3 Å². The summed E-state index contributed by atoms with van der Waals surface area (Å²) in [4.78, 5) is 23.9. The second kappa shape index (κ2) is 9.11. The summed E-state index contributed by atoms with van der Waals surface area (Å²) in [6, 6.07) is 4.36. The Morgan fingerprint density at radius 1 is 1.21 bits per heavy atom. The van der Waals surface area contributed by atoms with E-state index in [9.17, 15) is 9.18 Å².